The highest BCUT2D eigenvalue weighted by Crippen LogP contribution is 2.16. The quantitative estimate of drug-likeness (QED) is 0.559. The third kappa shape index (κ3) is 1.11. The first-order chi connectivity index (χ1) is 5.29. The van der Waals surface area contributed by atoms with Gasteiger partial charge in [0.1, 0.15) is 0 Å². The maximum absolute atomic E-state index is 2.20. The zero-order chi connectivity index (χ0) is 7.84. The minimum atomic E-state index is 0. The first-order valence-electron chi connectivity index (χ1n) is 3.80. The van der Waals surface area contributed by atoms with Crippen molar-refractivity contribution in [3.63, 3.8) is 0 Å². The smallest absolute Gasteiger partial charge is 0.0479 e. The predicted molar refractivity (Wildman–Crippen MR) is 54.4 cm³/mol. The predicted octanol–water partition coefficient (Wildman–Crippen LogP) is 3.12. The summed E-state index contributed by atoms with van der Waals surface area (Å²) < 4.78 is 2.20. The van der Waals surface area contributed by atoms with Crippen LogP contribution < -0.4 is 0 Å². The Kier molecular flexibility index (Phi) is 2.22. The van der Waals surface area contributed by atoms with Crippen LogP contribution in [0.25, 0.3) is 10.9 Å². The van der Waals surface area contributed by atoms with E-state index in [1.54, 1.807) is 0 Å². The van der Waals surface area contributed by atoms with E-state index in [2.05, 4.69) is 48.9 Å². The molecular weight excluding hydrogens is 146 g/mol. The second-order valence-corrected chi connectivity index (χ2v) is 2.90. The fourth-order valence-electron chi connectivity index (χ4n) is 1.43. The van der Waals surface area contributed by atoms with E-state index in [9.17, 15) is 0 Å². The first kappa shape index (κ1) is 8.85. The Labute approximate surface area is 73.6 Å². The van der Waals surface area contributed by atoms with Crippen LogP contribution in [0, 0.1) is 6.92 Å². The number of para-hydroxylation sites is 1. The second-order valence-electron chi connectivity index (χ2n) is 2.90. The van der Waals surface area contributed by atoms with E-state index in [1.165, 1.54) is 16.6 Å². The Hall–Kier alpha value is -1.24. The van der Waals surface area contributed by atoms with Gasteiger partial charge in [-0.1, -0.05) is 25.6 Å². The van der Waals surface area contributed by atoms with Crippen molar-refractivity contribution in [2.45, 2.75) is 14.4 Å². The minimum absolute atomic E-state index is 0. The molecule has 0 fully saturated rings. The lowest BCUT2D eigenvalue weighted by Crippen LogP contribution is -1.88. The van der Waals surface area contributed by atoms with Gasteiger partial charge in [-0.15, -0.1) is 0 Å². The molecule has 0 amide bonds. The van der Waals surface area contributed by atoms with Crippen molar-refractivity contribution in [3.05, 3.63) is 36.0 Å². The third-order valence-electron chi connectivity index (χ3n) is 2.19. The highest BCUT2D eigenvalue weighted by atomic mass is 14.9. The van der Waals surface area contributed by atoms with Crippen molar-refractivity contribution >= 4 is 10.9 Å². The fourth-order valence-corrected chi connectivity index (χ4v) is 1.43. The lowest BCUT2D eigenvalue weighted by Gasteiger charge is -1.96. The van der Waals surface area contributed by atoms with E-state index in [0.717, 1.165) is 0 Å². The highest BCUT2D eigenvalue weighted by Gasteiger charge is 1.98. The zero-order valence-electron chi connectivity index (χ0n) is 6.83. The van der Waals surface area contributed by atoms with E-state index in [4.69, 9.17) is 0 Å². The number of nitrogens with zero attached hydrogens (tertiary/aromatic N) is 1. The average molecular weight is 161 g/mol. The molecule has 2 rings (SSSR count). The summed E-state index contributed by atoms with van der Waals surface area (Å²) in [7, 11) is 2.09. The Balaban J connectivity index is 0.000000720. The molecule has 1 aromatic heterocycles. The Bertz CT molecular complexity index is 385. The fraction of sp³-hybridized carbons (Fsp3) is 0.273. The van der Waals surface area contributed by atoms with Gasteiger partial charge < -0.3 is 4.57 Å². The first-order valence-corrected chi connectivity index (χ1v) is 3.80. The van der Waals surface area contributed by atoms with Crippen LogP contribution in [0.15, 0.2) is 30.3 Å². The van der Waals surface area contributed by atoms with Crippen molar-refractivity contribution in [3.8, 4) is 0 Å². The van der Waals surface area contributed by atoms with Crippen molar-refractivity contribution in [1.29, 1.82) is 0 Å². The van der Waals surface area contributed by atoms with Gasteiger partial charge >= 0.3 is 0 Å². The molecule has 0 aliphatic heterocycles. The molecule has 1 heteroatoms. The summed E-state index contributed by atoms with van der Waals surface area (Å²) in [5, 5.41) is 1.33. The van der Waals surface area contributed by atoms with Gasteiger partial charge in [-0.05, 0) is 24.4 Å². The van der Waals surface area contributed by atoms with Crippen LogP contribution in [0.5, 0.6) is 0 Å². The Morgan fingerprint density at radius 3 is 2.50 bits per heavy atom. The van der Waals surface area contributed by atoms with Gasteiger partial charge in [-0.2, -0.15) is 0 Å². The number of aryl methyl sites for hydroxylation is 2. The van der Waals surface area contributed by atoms with Gasteiger partial charge in [0.2, 0.25) is 0 Å². The number of hydrogen-bond donors (Lipinski definition) is 0. The van der Waals surface area contributed by atoms with Gasteiger partial charge in [0, 0.05) is 18.3 Å². The molecule has 0 spiro atoms. The molecule has 0 saturated heterocycles. The molecule has 0 N–H and O–H groups in total. The Morgan fingerprint density at radius 1 is 1.17 bits per heavy atom. The molecule has 1 nitrogen and oxygen atoms in total. The molecule has 0 radical (unpaired) electrons. The summed E-state index contributed by atoms with van der Waals surface area (Å²) in [5.41, 5.74) is 2.62. The number of hydrogen-bond acceptors (Lipinski definition) is 0. The number of rotatable bonds is 0. The summed E-state index contributed by atoms with van der Waals surface area (Å²) in [6.45, 7) is 2.12. The topological polar surface area (TPSA) is 4.93 Å². The largest absolute Gasteiger partial charge is 0.348 e. The van der Waals surface area contributed by atoms with Crippen molar-refractivity contribution in [1.82, 2.24) is 4.57 Å². The van der Waals surface area contributed by atoms with E-state index < -0.39 is 0 Å². The van der Waals surface area contributed by atoms with Crippen LogP contribution in [-0.2, 0) is 7.05 Å². The second kappa shape index (κ2) is 3.02. The molecule has 0 aliphatic rings. The van der Waals surface area contributed by atoms with Gasteiger partial charge in [0.15, 0.2) is 0 Å². The monoisotopic (exact) mass is 161 g/mol. The minimum Gasteiger partial charge on any atom is -0.348 e. The summed E-state index contributed by atoms with van der Waals surface area (Å²) >= 11 is 0. The van der Waals surface area contributed by atoms with Crippen molar-refractivity contribution in [2.75, 3.05) is 0 Å². The summed E-state index contributed by atoms with van der Waals surface area (Å²) in [5.74, 6) is 0. The standard InChI is InChI=1S/C10H11N.CH4/c1-8-7-9-5-3-4-6-10(9)11(8)2;/h3-7H,1-2H3;1H4. The molecule has 0 unspecified atom stereocenters. The third-order valence-corrected chi connectivity index (χ3v) is 2.19. The maximum Gasteiger partial charge on any atom is 0.0479 e. The molecular formula is C11H15N. The SMILES string of the molecule is C.Cc1cc2ccccc2n1C. The van der Waals surface area contributed by atoms with E-state index in [-0.39, 0.29) is 7.43 Å². The van der Waals surface area contributed by atoms with Gasteiger partial charge in [0.25, 0.3) is 0 Å². The van der Waals surface area contributed by atoms with E-state index >= 15 is 0 Å². The molecule has 2 aromatic rings. The lowest BCUT2D eigenvalue weighted by atomic mass is 10.2. The molecule has 1 heterocycles. The van der Waals surface area contributed by atoms with E-state index in [0.29, 0.717) is 0 Å². The number of aromatic nitrogens is 1. The van der Waals surface area contributed by atoms with Crippen LogP contribution in [0.2, 0.25) is 0 Å². The molecule has 64 valence electrons. The van der Waals surface area contributed by atoms with Crippen LogP contribution >= 0.6 is 0 Å². The summed E-state index contributed by atoms with van der Waals surface area (Å²) in [4.78, 5) is 0. The van der Waals surface area contributed by atoms with Crippen LogP contribution in [0.4, 0.5) is 0 Å². The summed E-state index contributed by atoms with van der Waals surface area (Å²) in [6.07, 6.45) is 0. The van der Waals surface area contributed by atoms with Gasteiger partial charge in [0.05, 0.1) is 0 Å². The Morgan fingerprint density at radius 2 is 1.83 bits per heavy atom. The van der Waals surface area contributed by atoms with Crippen LogP contribution in [-0.4, -0.2) is 4.57 Å². The zero-order valence-corrected chi connectivity index (χ0v) is 6.83. The van der Waals surface area contributed by atoms with Crippen LogP contribution in [0.3, 0.4) is 0 Å². The molecule has 1 aromatic carbocycles. The normalized spacial score (nSPS) is 9.83. The molecule has 0 aliphatic carbocycles. The van der Waals surface area contributed by atoms with Gasteiger partial charge in [-0.25, -0.2) is 0 Å². The van der Waals surface area contributed by atoms with E-state index in [1.807, 2.05) is 0 Å². The highest BCUT2D eigenvalue weighted by molar-refractivity contribution is 5.80. The van der Waals surface area contributed by atoms with Crippen molar-refractivity contribution in [2.24, 2.45) is 7.05 Å². The maximum atomic E-state index is 2.20. The lowest BCUT2D eigenvalue weighted by molar-refractivity contribution is 0.918. The molecule has 0 saturated carbocycles. The molecule has 0 atom stereocenters. The number of fused-ring (bicyclic) bond motifs is 1. The van der Waals surface area contributed by atoms with Gasteiger partial charge in [-0.3, -0.25) is 0 Å². The number of benzene rings is 1. The summed E-state index contributed by atoms with van der Waals surface area (Å²) in [6, 6.07) is 10.6. The van der Waals surface area contributed by atoms with Crippen LogP contribution in [0.1, 0.15) is 13.1 Å². The molecule has 12 heavy (non-hydrogen) atoms. The molecule has 0 bridgehead atoms. The van der Waals surface area contributed by atoms with Crippen molar-refractivity contribution < 1.29 is 0 Å². The average Bonchev–Trinajstić information content (AvgIpc) is 2.30.